The van der Waals surface area contributed by atoms with Gasteiger partial charge in [-0.25, -0.2) is 13.2 Å². The molecule has 0 unspecified atom stereocenters. The van der Waals surface area contributed by atoms with Gasteiger partial charge >= 0.3 is 5.76 Å². The lowest BCUT2D eigenvalue weighted by atomic mass is 10.1. The molecule has 1 amide bonds. The summed E-state index contributed by atoms with van der Waals surface area (Å²) in [6, 6.07) is 11.0. The largest absolute Gasteiger partial charge is 0.439 e. The number of carbonyl (C=O) groups excluding carboxylic acids is 1. The van der Waals surface area contributed by atoms with Gasteiger partial charge in [-0.05, 0) is 48.7 Å². The van der Waals surface area contributed by atoms with Gasteiger partial charge in [-0.3, -0.25) is 14.3 Å². The Hall–Kier alpha value is -2.95. The highest BCUT2D eigenvalue weighted by Gasteiger charge is 2.25. The van der Waals surface area contributed by atoms with E-state index in [2.05, 4.69) is 20.0 Å². The number of carbonyl (C=O) groups is 1. The van der Waals surface area contributed by atoms with Crippen LogP contribution >= 0.6 is 11.6 Å². The highest BCUT2D eigenvalue weighted by atomic mass is 35.5. The van der Waals surface area contributed by atoms with E-state index in [-0.39, 0.29) is 23.0 Å². The predicted molar refractivity (Wildman–Crippen MR) is 119 cm³/mol. The molecule has 0 atom stereocenters. The van der Waals surface area contributed by atoms with E-state index >= 15 is 0 Å². The lowest BCUT2D eigenvalue weighted by Gasteiger charge is -2.25. The Balaban J connectivity index is 1.47. The molecule has 0 spiro atoms. The van der Waals surface area contributed by atoms with Crippen LogP contribution in [-0.2, 0) is 21.2 Å². The summed E-state index contributed by atoms with van der Waals surface area (Å²) in [6.07, 6.45) is 2.79. The van der Waals surface area contributed by atoms with Crippen molar-refractivity contribution in [3.63, 3.8) is 0 Å². The zero-order valence-electron chi connectivity index (χ0n) is 17.0. The molecule has 0 bridgehead atoms. The minimum Gasteiger partial charge on any atom is -0.325 e. The summed E-state index contributed by atoms with van der Waals surface area (Å²) in [5.74, 6) is -0.896. The molecular weight excluding hydrogens is 456 g/mol. The predicted octanol–water partition coefficient (Wildman–Crippen LogP) is 3.04. The van der Waals surface area contributed by atoms with Crippen LogP contribution in [0.1, 0.15) is 24.8 Å². The summed E-state index contributed by atoms with van der Waals surface area (Å²) in [5.41, 5.74) is 1.45. The van der Waals surface area contributed by atoms with E-state index in [9.17, 15) is 18.0 Å². The maximum absolute atomic E-state index is 12.8. The molecule has 1 saturated heterocycles. The summed E-state index contributed by atoms with van der Waals surface area (Å²) in [4.78, 5) is 26.5. The topological polar surface area (TPSA) is 125 Å². The van der Waals surface area contributed by atoms with Crippen molar-refractivity contribution in [2.24, 2.45) is 0 Å². The van der Waals surface area contributed by atoms with Gasteiger partial charge in [0, 0.05) is 23.7 Å². The van der Waals surface area contributed by atoms with Gasteiger partial charge in [0.2, 0.25) is 15.9 Å². The van der Waals surface area contributed by atoms with Gasteiger partial charge in [0.25, 0.3) is 0 Å². The third-order valence-electron chi connectivity index (χ3n) is 5.19. The van der Waals surface area contributed by atoms with E-state index < -0.39 is 15.8 Å². The minimum absolute atomic E-state index is 0.0192. The van der Waals surface area contributed by atoms with E-state index in [4.69, 9.17) is 11.6 Å². The standard InChI is InChI=1S/C21H21ClN4O5S/c22-15-6-9-17(20-24-21(28)31-25-20)18(13-15)23-19(27)12-14-4-7-16(8-5-14)32(29,30)26-10-2-1-3-11-26/h4-9,13H,1-3,10-12H2,(H,23,27)(H,24,25,28). The van der Waals surface area contributed by atoms with E-state index in [1.54, 1.807) is 24.3 Å². The number of nitrogens with zero attached hydrogens (tertiary/aromatic N) is 2. The first-order valence-electron chi connectivity index (χ1n) is 10.1. The molecule has 3 aromatic rings. The highest BCUT2D eigenvalue weighted by Crippen LogP contribution is 2.28. The monoisotopic (exact) mass is 476 g/mol. The van der Waals surface area contributed by atoms with Crippen molar-refractivity contribution in [2.75, 3.05) is 18.4 Å². The number of halogens is 1. The van der Waals surface area contributed by atoms with Gasteiger partial charge in [-0.1, -0.05) is 35.3 Å². The van der Waals surface area contributed by atoms with E-state index in [1.165, 1.54) is 22.5 Å². The number of nitrogens with one attached hydrogen (secondary N) is 2. The second kappa shape index (κ2) is 9.27. The highest BCUT2D eigenvalue weighted by molar-refractivity contribution is 7.89. The number of rotatable bonds is 6. The van der Waals surface area contributed by atoms with Gasteiger partial charge in [-0.2, -0.15) is 4.31 Å². The Morgan fingerprint density at radius 1 is 1.12 bits per heavy atom. The van der Waals surface area contributed by atoms with Crippen LogP contribution in [0, 0.1) is 0 Å². The molecule has 1 aliphatic heterocycles. The van der Waals surface area contributed by atoms with Crippen LogP contribution in [0.4, 0.5) is 5.69 Å². The molecule has 2 N–H and O–H groups in total. The lowest BCUT2D eigenvalue weighted by molar-refractivity contribution is -0.115. The molecule has 1 aromatic heterocycles. The molecule has 1 fully saturated rings. The van der Waals surface area contributed by atoms with Crippen LogP contribution in [0.2, 0.25) is 5.02 Å². The third kappa shape index (κ3) is 4.93. The van der Waals surface area contributed by atoms with Crippen LogP contribution in [0.15, 0.2) is 56.7 Å². The van der Waals surface area contributed by atoms with Crippen molar-refractivity contribution in [3.05, 3.63) is 63.6 Å². The second-order valence-corrected chi connectivity index (χ2v) is 9.84. The van der Waals surface area contributed by atoms with Crippen molar-refractivity contribution in [1.29, 1.82) is 0 Å². The van der Waals surface area contributed by atoms with Gasteiger partial charge in [0.05, 0.1) is 17.0 Å². The minimum atomic E-state index is -3.52. The van der Waals surface area contributed by atoms with Gasteiger partial charge in [0.15, 0.2) is 5.82 Å². The van der Waals surface area contributed by atoms with E-state index in [0.717, 1.165) is 19.3 Å². The Morgan fingerprint density at radius 2 is 1.84 bits per heavy atom. The Morgan fingerprint density at radius 3 is 2.50 bits per heavy atom. The number of sulfonamides is 1. The van der Waals surface area contributed by atoms with Crippen molar-refractivity contribution in [1.82, 2.24) is 14.4 Å². The van der Waals surface area contributed by atoms with Crippen molar-refractivity contribution >= 4 is 33.2 Å². The zero-order chi connectivity index (χ0) is 22.7. The summed E-state index contributed by atoms with van der Waals surface area (Å²) in [6.45, 7) is 1.07. The number of aromatic amines is 1. The fraction of sp³-hybridized carbons (Fsp3) is 0.286. The number of benzene rings is 2. The maximum Gasteiger partial charge on any atom is 0.439 e. The van der Waals surface area contributed by atoms with Crippen LogP contribution in [-0.4, -0.2) is 41.9 Å². The second-order valence-electron chi connectivity index (χ2n) is 7.47. The molecule has 0 radical (unpaired) electrons. The summed E-state index contributed by atoms with van der Waals surface area (Å²) in [5, 5.41) is 6.78. The average Bonchev–Trinajstić information content (AvgIpc) is 3.21. The van der Waals surface area contributed by atoms with Crippen molar-refractivity contribution < 1.29 is 17.7 Å². The van der Waals surface area contributed by atoms with Crippen LogP contribution in [0.3, 0.4) is 0 Å². The van der Waals surface area contributed by atoms with Crippen LogP contribution < -0.4 is 11.1 Å². The van der Waals surface area contributed by atoms with Crippen LogP contribution in [0.5, 0.6) is 0 Å². The van der Waals surface area contributed by atoms with E-state index in [1.807, 2.05) is 0 Å². The van der Waals surface area contributed by atoms with Gasteiger partial charge < -0.3 is 5.32 Å². The molecule has 168 valence electrons. The third-order valence-corrected chi connectivity index (χ3v) is 7.34. The molecule has 9 nitrogen and oxygen atoms in total. The fourth-order valence-electron chi connectivity index (χ4n) is 3.59. The summed E-state index contributed by atoms with van der Waals surface area (Å²) < 4.78 is 31.6. The van der Waals surface area contributed by atoms with Crippen LogP contribution in [0.25, 0.3) is 11.4 Å². The molecule has 2 aromatic carbocycles. The maximum atomic E-state index is 12.8. The smallest absolute Gasteiger partial charge is 0.325 e. The number of H-pyrrole nitrogens is 1. The molecule has 0 saturated carbocycles. The molecule has 4 rings (SSSR count). The quantitative estimate of drug-likeness (QED) is 0.563. The normalized spacial score (nSPS) is 14.9. The average molecular weight is 477 g/mol. The van der Waals surface area contributed by atoms with Gasteiger partial charge in [0.1, 0.15) is 0 Å². The molecule has 1 aliphatic rings. The first kappa shape index (κ1) is 22.3. The molecular formula is C21H21ClN4O5S. The van der Waals surface area contributed by atoms with Gasteiger partial charge in [-0.15, -0.1) is 0 Å². The SMILES string of the molecule is O=C(Cc1ccc(S(=O)(=O)N2CCCCC2)cc1)Nc1cc(Cl)ccc1-c1noc(=O)[nH]1. The number of anilines is 1. The van der Waals surface area contributed by atoms with Crippen molar-refractivity contribution in [2.45, 2.75) is 30.6 Å². The molecule has 2 heterocycles. The number of amides is 1. The zero-order valence-corrected chi connectivity index (χ0v) is 18.6. The lowest BCUT2D eigenvalue weighted by Crippen LogP contribution is -2.35. The van der Waals surface area contributed by atoms with Crippen molar-refractivity contribution in [3.8, 4) is 11.4 Å². The molecule has 0 aliphatic carbocycles. The summed E-state index contributed by atoms with van der Waals surface area (Å²) in [7, 11) is -3.52. The molecule has 11 heteroatoms. The molecule has 32 heavy (non-hydrogen) atoms. The fourth-order valence-corrected chi connectivity index (χ4v) is 5.27. The van der Waals surface area contributed by atoms with E-state index in [0.29, 0.717) is 34.9 Å². The number of piperidine rings is 1. The Labute approximate surface area is 189 Å². The number of hydrogen-bond donors (Lipinski definition) is 2. The first-order chi connectivity index (χ1) is 15.3. The number of hydrogen-bond acceptors (Lipinski definition) is 6. The Kier molecular flexibility index (Phi) is 6.45. The Bertz CT molecular complexity index is 1280. The number of aromatic nitrogens is 2. The summed E-state index contributed by atoms with van der Waals surface area (Å²) >= 11 is 6.05. The first-order valence-corrected chi connectivity index (χ1v) is 11.9.